The molecule has 0 atom stereocenters. The molecule has 4 heteroatoms. The molecule has 0 aliphatic heterocycles. The SMILES string of the molecule is CCNc1ncc(C)c(NCc2ccccc2C)n1. The summed E-state index contributed by atoms with van der Waals surface area (Å²) in [6.07, 6.45) is 1.84. The van der Waals surface area contributed by atoms with Crippen LogP contribution >= 0.6 is 0 Å². The molecule has 0 amide bonds. The number of hydrogen-bond acceptors (Lipinski definition) is 4. The minimum Gasteiger partial charge on any atom is -0.366 e. The Labute approximate surface area is 114 Å². The summed E-state index contributed by atoms with van der Waals surface area (Å²) in [5, 5.41) is 6.50. The summed E-state index contributed by atoms with van der Waals surface area (Å²) >= 11 is 0. The molecule has 1 aromatic carbocycles. The van der Waals surface area contributed by atoms with Gasteiger partial charge in [0.2, 0.25) is 5.95 Å². The van der Waals surface area contributed by atoms with Crippen molar-refractivity contribution in [2.24, 2.45) is 0 Å². The summed E-state index contributed by atoms with van der Waals surface area (Å²) in [5.74, 6) is 1.55. The molecule has 0 bridgehead atoms. The fraction of sp³-hybridized carbons (Fsp3) is 0.333. The van der Waals surface area contributed by atoms with Gasteiger partial charge in [-0.2, -0.15) is 4.98 Å². The minimum absolute atomic E-state index is 0.667. The lowest BCUT2D eigenvalue weighted by atomic mass is 10.1. The molecule has 0 aliphatic rings. The number of aryl methyl sites for hydroxylation is 2. The maximum Gasteiger partial charge on any atom is 0.224 e. The normalized spacial score (nSPS) is 10.3. The van der Waals surface area contributed by atoms with Gasteiger partial charge in [0.25, 0.3) is 0 Å². The Hall–Kier alpha value is -2.10. The number of hydrogen-bond donors (Lipinski definition) is 2. The third-order valence-corrected chi connectivity index (χ3v) is 3.01. The summed E-state index contributed by atoms with van der Waals surface area (Å²) in [6.45, 7) is 7.75. The first-order chi connectivity index (χ1) is 9.20. The molecule has 0 aliphatic carbocycles. The lowest BCUT2D eigenvalue weighted by Crippen LogP contribution is -2.08. The smallest absolute Gasteiger partial charge is 0.224 e. The molecular formula is C15H20N4. The van der Waals surface area contributed by atoms with E-state index in [0.717, 1.165) is 24.5 Å². The third kappa shape index (κ3) is 3.44. The fourth-order valence-electron chi connectivity index (χ4n) is 1.85. The van der Waals surface area contributed by atoms with Crippen molar-refractivity contribution in [3.63, 3.8) is 0 Å². The Balaban J connectivity index is 2.10. The zero-order valence-electron chi connectivity index (χ0n) is 11.7. The van der Waals surface area contributed by atoms with E-state index in [2.05, 4.69) is 51.8 Å². The van der Waals surface area contributed by atoms with Crippen molar-refractivity contribution in [3.05, 3.63) is 47.2 Å². The average Bonchev–Trinajstić information content (AvgIpc) is 2.41. The van der Waals surface area contributed by atoms with E-state index in [1.807, 2.05) is 20.0 Å². The van der Waals surface area contributed by atoms with Crippen molar-refractivity contribution in [3.8, 4) is 0 Å². The quantitative estimate of drug-likeness (QED) is 0.863. The highest BCUT2D eigenvalue weighted by molar-refractivity contribution is 5.47. The van der Waals surface area contributed by atoms with Crippen molar-refractivity contribution in [2.75, 3.05) is 17.2 Å². The topological polar surface area (TPSA) is 49.8 Å². The van der Waals surface area contributed by atoms with Crippen molar-refractivity contribution in [2.45, 2.75) is 27.3 Å². The number of nitrogens with zero attached hydrogens (tertiary/aromatic N) is 2. The maximum atomic E-state index is 4.47. The monoisotopic (exact) mass is 256 g/mol. The molecule has 0 fully saturated rings. The molecule has 0 unspecified atom stereocenters. The van der Waals surface area contributed by atoms with Crippen molar-refractivity contribution < 1.29 is 0 Å². The predicted molar refractivity (Wildman–Crippen MR) is 79.4 cm³/mol. The molecule has 2 aromatic rings. The second kappa shape index (κ2) is 6.18. The minimum atomic E-state index is 0.667. The Morgan fingerprint density at radius 1 is 1.05 bits per heavy atom. The van der Waals surface area contributed by atoms with E-state index < -0.39 is 0 Å². The van der Waals surface area contributed by atoms with Crippen LogP contribution in [0.1, 0.15) is 23.6 Å². The molecule has 2 N–H and O–H groups in total. The molecule has 19 heavy (non-hydrogen) atoms. The van der Waals surface area contributed by atoms with Gasteiger partial charge in [0.1, 0.15) is 5.82 Å². The van der Waals surface area contributed by atoms with Crippen LogP contribution in [0.25, 0.3) is 0 Å². The van der Waals surface area contributed by atoms with Crippen molar-refractivity contribution in [1.82, 2.24) is 9.97 Å². The van der Waals surface area contributed by atoms with E-state index in [1.165, 1.54) is 11.1 Å². The van der Waals surface area contributed by atoms with E-state index in [1.54, 1.807) is 0 Å². The summed E-state index contributed by atoms with van der Waals surface area (Å²) < 4.78 is 0. The first kappa shape index (κ1) is 13.3. The number of nitrogens with one attached hydrogen (secondary N) is 2. The highest BCUT2D eigenvalue weighted by atomic mass is 15.1. The zero-order chi connectivity index (χ0) is 13.7. The largest absolute Gasteiger partial charge is 0.366 e. The van der Waals surface area contributed by atoms with E-state index in [-0.39, 0.29) is 0 Å². The molecule has 1 heterocycles. The van der Waals surface area contributed by atoms with Crippen LogP contribution in [0.15, 0.2) is 30.5 Å². The first-order valence-electron chi connectivity index (χ1n) is 6.56. The predicted octanol–water partition coefficient (Wildman–Crippen LogP) is 3.14. The molecule has 4 nitrogen and oxygen atoms in total. The van der Waals surface area contributed by atoms with Crippen LogP contribution in [-0.4, -0.2) is 16.5 Å². The molecule has 2 rings (SSSR count). The van der Waals surface area contributed by atoms with Crippen molar-refractivity contribution in [1.29, 1.82) is 0 Å². The highest BCUT2D eigenvalue weighted by Gasteiger charge is 2.04. The molecule has 0 saturated carbocycles. The molecule has 100 valence electrons. The molecule has 0 radical (unpaired) electrons. The molecule has 0 spiro atoms. The van der Waals surface area contributed by atoms with Gasteiger partial charge in [-0.15, -0.1) is 0 Å². The van der Waals surface area contributed by atoms with E-state index in [0.29, 0.717) is 5.95 Å². The Bertz CT molecular complexity index is 552. The maximum absolute atomic E-state index is 4.47. The van der Waals surface area contributed by atoms with Gasteiger partial charge in [-0.1, -0.05) is 24.3 Å². The number of benzene rings is 1. The van der Waals surface area contributed by atoms with Crippen LogP contribution in [0.3, 0.4) is 0 Å². The average molecular weight is 256 g/mol. The molecule has 0 saturated heterocycles. The third-order valence-electron chi connectivity index (χ3n) is 3.01. The van der Waals surface area contributed by atoms with Crippen LogP contribution in [0.5, 0.6) is 0 Å². The van der Waals surface area contributed by atoms with Gasteiger partial charge >= 0.3 is 0 Å². The standard InChI is InChI=1S/C15H20N4/c1-4-16-15-18-9-12(3)14(19-15)17-10-13-8-6-5-7-11(13)2/h5-9H,4,10H2,1-3H3,(H2,16,17,18,19). The zero-order valence-corrected chi connectivity index (χ0v) is 11.7. The van der Waals surface area contributed by atoms with Gasteiger partial charge in [0, 0.05) is 24.8 Å². The second-order valence-corrected chi connectivity index (χ2v) is 4.54. The van der Waals surface area contributed by atoms with E-state index in [9.17, 15) is 0 Å². The van der Waals surface area contributed by atoms with Crippen LogP contribution in [0, 0.1) is 13.8 Å². The summed E-state index contributed by atoms with van der Waals surface area (Å²) in [5.41, 5.74) is 3.62. The van der Waals surface area contributed by atoms with Crippen LogP contribution in [-0.2, 0) is 6.54 Å². The van der Waals surface area contributed by atoms with Crippen molar-refractivity contribution >= 4 is 11.8 Å². The van der Waals surface area contributed by atoms with Gasteiger partial charge in [-0.05, 0) is 31.9 Å². The van der Waals surface area contributed by atoms with Gasteiger partial charge in [0.15, 0.2) is 0 Å². The van der Waals surface area contributed by atoms with Crippen LogP contribution < -0.4 is 10.6 Å². The number of anilines is 2. The van der Waals surface area contributed by atoms with Gasteiger partial charge in [-0.25, -0.2) is 4.98 Å². The van der Waals surface area contributed by atoms with Gasteiger partial charge < -0.3 is 10.6 Å². The Kier molecular flexibility index (Phi) is 4.34. The van der Waals surface area contributed by atoms with Gasteiger partial charge in [0.05, 0.1) is 0 Å². The lowest BCUT2D eigenvalue weighted by molar-refractivity contribution is 1.03. The second-order valence-electron chi connectivity index (χ2n) is 4.54. The van der Waals surface area contributed by atoms with Gasteiger partial charge in [-0.3, -0.25) is 0 Å². The summed E-state index contributed by atoms with van der Waals surface area (Å²) in [6, 6.07) is 8.36. The Morgan fingerprint density at radius 2 is 1.84 bits per heavy atom. The van der Waals surface area contributed by atoms with E-state index >= 15 is 0 Å². The Morgan fingerprint density at radius 3 is 2.58 bits per heavy atom. The lowest BCUT2D eigenvalue weighted by Gasteiger charge is -2.11. The molecular weight excluding hydrogens is 236 g/mol. The first-order valence-corrected chi connectivity index (χ1v) is 6.56. The van der Waals surface area contributed by atoms with E-state index in [4.69, 9.17) is 0 Å². The summed E-state index contributed by atoms with van der Waals surface area (Å²) in [7, 11) is 0. The highest BCUT2D eigenvalue weighted by Crippen LogP contribution is 2.15. The summed E-state index contributed by atoms with van der Waals surface area (Å²) in [4.78, 5) is 8.71. The number of aromatic nitrogens is 2. The molecule has 1 aromatic heterocycles. The fourth-order valence-corrected chi connectivity index (χ4v) is 1.85. The number of rotatable bonds is 5. The van der Waals surface area contributed by atoms with Crippen LogP contribution in [0.2, 0.25) is 0 Å². The van der Waals surface area contributed by atoms with Crippen LogP contribution in [0.4, 0.5) is 11.8 Å².